The van der Waals surface area contributed by atoms with Gasteiger partial charge in [-0.2, -0.15) is 5.10 Å². The van der Waals surface area contributed by atoms with Crippen LogP contribution in [0, 0.1) is 11.8 Å². The van der Waals surface area contributed by atoms with Crippen molar-refractivity contribution in [1.29, 1.82) is 0 Å². The molecule has 2 aliphatic carbocycles. The van der Waals surface area contributed by atoms with Gasteiger partial charge < -0.3 is 15.7 Å². The number of hydrogen-bond donors (Lipinski definition) is 3. The van der Waals surface area contributed by atoms with E-state index in [-0.39, 0.29) is 30.8 Å². The lowest BCUT2D eigenvalue weighted by molar-refractivity contribution is -0.148. The van der Waals surface area contributed by atoms with Gasteiger partial charge in [0.25, 0.3) is 5.91 Å². The first-order valence-corrected chi connectivity index (χ1v) is 17.2. The molecule has 0 spiro atoms. The molecule has 3 aromatic rings. The molecule has 43 heavy (non-hydrogen) atoms. The first kappa shape index (κ1) is 31.0. The zero-order valence-corrected chi connectivity index (χ0v) is 26.6. The summed E-state index contributed by atoms with van der Waals surface area (Å²) in [6, 6.07) is 11.0. The van der Waals surface area contributed by atoms with Gasteiger partial charge in [0.1, 0.15) is 5.69 Å². The number of carboxylic acid groups (broad SMARTS) is 1. The fourth-order valence-corrected chi connectivity index (χ4v) is 7.19. The van der Waals surface area contributed by atoms with Crippen molar-refractivity contribution in [3.8, 4) is 5.69 Å². The lowest BCUT2D eigenvalue weighted by Gasteiger charge is -2.28. The molecule has 11 nitrogen and oxygen atoms in total. The highest BCUT2D eigenvalue weighted by atomic mass is 79.9. The van der Waals surface area contributed by atoms with E-state index in [4.69, 9.17) is 5.10 Å². The van der Waals surface area contributed by atoms with Crippen molar-refractivity contribution < 1.29 is 27.9 Å². The van der Waals surface area contributed by atoms with E-state index in [0.29, 0.717) is 47.2 Å². The van der Waals surface area contributed by atoms with Crippen LogP contribution in [0.25, 0.3) is 16.6 Å². The van der Waals surface area contributed by atoms with E-state index in [0.717, 1.165) is 42.0 Å². The number of nitrogens with zero attached hydrogens (tertiary/aromatic N) is 3. The molecule has 2 atom stereocenters. The molecule has 0 radical (unpaired) electrons. The molecule has 0 saturated heterocycles. The molecule has 230 valence electrons. The standard InChI is InChI=1S/C30H36BrN5O6S/c1-32-29(38)27-24-16-23(18-8-9-18)26(17-25(24)34-36(27)20-12-10-19(31)11-13-20)35(43(2,41)42)15-5-14-33-28(37)21-6-3-4-7-22(21)30(39)40/h10-13,16-18,21-22H,3-9,14-15H2,1-2H3,(H,32,38)(H,33,37)(H,39,40)/t21-,22-/m0/s1. The molecule has 3 N–H and O–H groups in total. The lowest BCUT2D eigenvalue weighted by Crippen LogP contribution is -2.41. The number of carbonyl (C=O) groups is 3. The Morgan fingerprint density at radius 1 is 1.07 bits per heavy atom. The average Bonchev–Trinajstić information content (AvgIpc) is 3.76. The van der Waals surface area contributed by atoms with E-state index in [2.05, 4.69) is 26.6 Å². The van der Waals surface area contributed by atoms with Gasteiger partial charge in [-0.3, -0.25) is 18.7 Å². The molecule has 2 aromatic carbocycles. The minimum Gasteiger partial charge on any atom is -0.481 e. The SMILES string of the molecule is CNC(=O)c1c2cc(C3CC3)c(N(CCCNC(=O)[C@H]3CCCC[C@@H]3C(=O)O)S(C)(=O)=O)cc2nn1-c1ccc(Br)cc1. The minimum atomic E-state index is -3.71. The van der Waals surface area contributed by atoms with Crippen LogP contribution < -0.4 is 14.9 Å². The highest BCUT2D eigenvalue weighted by Gasteiger charge is 2.36. The zero-order valence-electron chi connectivity index (χ0n) is 24.2. The first-order valence-electron chi connectivity index (χ1n) is 14.5. The van der Waals surface area contributed by atoms with Gasteiger partial charge in [0.05, 0.1) is 35.0 Å². The predicted molar refractivity (Wildman–Crippen MR) is 167 cm³/mol. The molecule has 0 aliphatic heterocycles. The predicted octanol–water partition coefficient (Wildman–Crippen LogP) is 4.19. The number of aromatic nitrogens is 2. The fraction of sp³-hybridized carbons (Fsp3) is 0.467. The van der Waals surface area contributed by atoms with Crippen molar-refractivity contribution in [3.63, 3.8) is 0 Å². The van der Waals surface area contributed by atoms with Crippen LogP contribution in [0.5, 0.6) is 0 Å². The maximum absolute atomic E-state index is 13.1. The van der Waals surface area contributed by atoms with Crippen molar-refractivity contribution in [2.75, 3.05) is 30.7 Å². The second-order valence-corrected chi connectivity index (χ2v) is 14.2. The van der Waals surface area contributed by atoms with Crippen LogP contribution in [0.1, 0.15) is 66.9 Å². The summed E-state index contributed by atoms with van der Waals surface area (Å²) in [6.07, 6.45) is 5.95. The van der Waals surface area contributed by atoms with Gasteiger partial charge in [-0.1, -0.05) is 28.8 Å². The van der Waals surface area contributed by atoms with Crippen molar-refractivity contribution in [2.45, 2.75) is 50.9 Å². The van der Waals surface area contributed by atoms with Crippen LogP contribution >= 0.6 is 15.9 Å². The molecule has 5 rings (SSSR count). The van der Waals surface area contributed by atoms with Gasteiger partial charge in [0, 0.05) is 30.0 Å². The first-order chi connectivity index (χ1) is 20.5. The number of amides is 2. The molecule has 13 heteroatoms. The van der Waals surface area contributed by atoms with Gasteiger partial charge in [-0.05, 0) is 80.0 Å². The van der Waals surface area contributed by atoms with Crippen molar-refractivity contribution in [2.24, 2.45) is 11.8 Å². The third kappa shape index (κ3) is 6.72. The van der Waals surface area contributed by atoms with Crippen LogP contribution in [0.15, 0.2) is 40.9 Å². The van der Waals surface area contributed by atoms with E-state index in [1.165, 1.54) is 4.31 Å². The molecule has 1 heterocycles. The summed E-state index contributed by atoms with van der Waals surface area (Å²) >= 11 is 3.43. The topological polar surface area (TPSA) is 151 Å². The van der Waals surface area contributed by atoms with E-state index in [1.54, 1.807) is 17.8 Å². The maximum atomic E-state index is 13.1. The molecule has 2 aliphatic rings. The summed E-state index contributed by atoms with van der Waals surface area (Å²) in [5.41, 5.74) is 2.90. The number of carboxylic acids is 1. The minimum absolute atomic E-state index is 0.118. The number of fused-ring (bicyclic) bond motifs is 1. The molecule has 2 fully saturated rings. The van der Waals surface area contributed by atoms with Gasteiger partial charge >= 0.3 is 5.97 Å². The third-order valence-electron chi connectivity index (χ3n) is 8.28. The number of hydrogen-bond acceptors (Lipinski definition) is 6. The summed E-state index contributed by atoms with van der Waals surface area (Å²) in [4.78, 5) is 37.5. The van der Waals surface area contributed by atoms with E-state index < -0.39 is 27.8 Å². The van der Waals surface area contributed by atoms with Crippen LogP contribution in [0.3, 0.4) is 0 Å². The zero-order chi connectivity index (χ0) is 30.9. The highest BCUT2D eigenvalue weighted by molar-refractivity contribution is 9.10. The van der Waals surface area contributed by atoms with E-state index in [9.17, 15) is 27.9 Å². The number of nitrogens with one attached hydrogen (secondary N) is 2. The summed E-state index contributed by atoms with van der Waals surface area (Å²) in [5, 5.41) is 20.4. The van der Waals surface area contributed by atoms with Crippen LogP contribution in [-0.2, 0) is 19.6 Å². The molecular weight excluding hydrogens is 638 g/mol. The molecule has 1 aromatic heterocycles. The monoisotopic (exact) mass is 673 g/mol. The molecule has 0 bridgehead atoms. The second kappa shape index (κ2) is 12.7. The lowest BCUT2D eigenvalue weighted by atomic mass is 9.79. The molecule has 2 saturated carbocycles. The van der Waals surface area contributed by atoms with E-state index >= 15 is 0 Å². The number of aliphatic carboxylic acids is 1. The molecule has 2 amide bonds. The Hall–Kier alpha value is -3.45. The van der Waals surface area contributed by atoms with Gasteiger partial charge in [-0.15, -0.1) is 0 Å². The Labute approximate surface area is 259 Å². The fourth-order valence-electron chi connectivity index (χ4n) is 5.95. The quantitative estimate of drug-likeness (QED) is 0.258. The Morgan fingerprint density at radius 3 is 2.35 bits per heavy atom. The van der Waals surface area contributed by atoms with Crippen LogP contribution in [-0.4, -0.2) is 67.5 Å². The molecule has 0 unspecified atom stereocenters. The summed E-state index contributed by atoms with van der Waals surface area (Å²) in [6.45, 7) is 0.334. The Morgan fingerprint density at radius 2 is 1.74 bits per heavy atom. The average molecular weight is 675 g/mol. The highest BCUT2D eigenvalue weighted by Crippen LogP contribution is 2.46. The number of anilines is 1. The Kier molecular flexibility index (Phi) is 9.12. The maximum Gasteiger partial charge on any atom is 0.307 e. The normalized spacial score (nSPS) is 18.8. The van der Waals surface area contributed by atoms with Crippen LogP contribution in [0.4, 0.5) is 5.69 Å². The summed E-state index contributed by atoms with van der Waals surface area (Å²) in [5.74, 6) is -2.65. The van der Waals surface area contributed by atoms with Crippen LogP contribution in [0.2, 0.25) is 0 Å². The largest absolute Gasteiger partial charge is 0.481 e. The number of rotatable bonds is 11. The second-order valence-electron chi connectivity index (χ2n) is 11.3. The molecular formula is C30H36BrN5O6S. The van der Waals surface area contributed by atoms with Crippen molar-refractivity contribution >= 4 is 60.3 Å². The number of sulfonamides is 1. The summed E-state index contributed by atoms with van der Waals surface area (Å²) in [7, 11) is -2.15. The smallest absolute Gasteiger partial charge is 0.307 e. The summed E-state index contributed by atoms with van der Waals surface area (Å²) < 4.78 is 30.0. The van der Waals surface area contributed by atoms with Gasteiger partial charge in [0.15, 0.2) is 0 Å². The van der Waals surface area contributed by atoms with Crippen molar-refractivity contribution in [1.82, 2.24) is 20.4 Å². The number of halogens is 1. The third-order valence-corrected chi connectivity index (χ3v) is 9.98. The Bertz CT molecular complexity index is 1650. The van der Waals surface area contributed by atoms with E-state index in [1.807, 2.05) is 30.3 Å². The van der Waals surface area contributed by atoms with Gasteiger partial charge in [0.2, 0.25) is 15.9 Å². The number of carbonyl (C=O) groups excluding carboxylic acids is 2. The number of benzene rings is 2. The van der Waals surface area contributed by atoms with Gasteiger partial charge in [-0.25, -0.2) is 13.1 Å². The Balaban J connectivity index is 1.44. The van der Waals surface area contributed by atoms with Crippen molar-refractivity contribution in [3.05, 3.63) is 52.1 Å².